The van der Waals surface area contributed by atoms with Gasteiger partial charge in [-0.3, -0.25) is 0 Å². The SMILES string of the molecule is CC/C=C(\C)OC(=O)c1cncn1C(C)c1ccccc1. The molecule has 0 aliphatic heterocycles. The van der Waals surface area contributed by atoms with E-state index < -0.39 is 0 Å². The molecule has 0 aliphatic carbocycles. The number of ether oxygens (including phenoxy) is 1. The summed E-state index contributed by atoms with van der Waals surface area (Å²) in [6.07, 6.45) is 5.91. The molecule has 110 valence electrons. The summed E-state index contributed by atoms with van der Waals surface area (Å²) in [6, 6.07) is 10.0. The molecular formula is C17H20N2O2. The summed E-state index contributed by atoms with van der Waals surface area (Å²) in [5, 5.41) is 0. The van der Waals surface area contributed by atoms with Gasteiger partial charge in [0.1, 0.15) is 11.5 Å². The Labute approximate surface area is 125 Å². The summed E-state index contributed by atoms with van der Waals surface area (Å²) in [4.78, 5) is 16.3. The maximum Gasteiger partial charge on any atom is 0.361 e. The third-order valence-corrected chi connectivity index (χ3v) is 3.32. The highest BCUT2D eigenvalue weighted by Crippen LogP contribution is 2.20. The minimum atomic E-state index is -0.377. The fourth-order valence-corrected chi connectivity index (χ4v) is 2.19. The van der Waals surface area contributed by atoms with Crippen LogP contribution < -0.4 is 0 Å². The van der Waals surface area contributed by atoms with Crippen molar-refractivity contribution in [2.45, 2.75) is 33.2 Å². The van der Waals surface area contributed by atoms with Gasteiger partial charge in [-0.15, -0.1) is 0 Å². The average molecular weight is 284 g/mol. The fraction of sp³-hybridized carbons (Fsp3) is 0.294. The van der Waals surface area contributed by atoms with E-state index in [-0.39, 0.29) is 12.0 Å². The van der Waals surface area contributed by atoms with E-state index in [1.54, 1.807) is 19.4 Å². The maximum atomic E-state index is 12.2. The van der Waals surface area contributed by atoms with Crippen molar-refractivity contribution in [3.8, 4) is 0 Å². The lowest BCUT2D eigenvalue weighted by Gasteiger charge is -2.16. The Hall–Kier alpha value is -2.36. The Bertz CT molecular complexity index is 629. The summed E-state index contributed by atoms with van der Waals surface area (Å²) >= 11 is 0. The molecule has 4 nitrogen and oxygen atoms in total. The number of hydrogen-bond acceptors (Lipinski definition) is 3. The van der Waals surface area contributed by atoms with Crippen LogP contribution in [0, 0.1) is 0 Å². The monoisotopic (exact) mass is 284 g/mol. The average Bonchev–Trinajstić information content (AvgIpc) is 2.97. The van der Waals surface area contributed by atoms with E-state index in [1.165, 1.54) is 0 Å². The van der Waals surface area contributed by atoms with Crippen LogP contribution in [0.5, 0.6) is 0 Å². The van der Waals surface area contributed by atoms with Gasteiger partial charge in [0.2, 0.25) is 0 Å². The topological polar surface area (TPSA) is 44.1 Å². The Morgan fingerprint density at radius 3 is 2.76 bits per heavy atom. The minimum absolute atomic E-state index is 0.0201. The fourth-order valence-electron chi connectivity index (χ4n) is 2.19. The Morgan fingerprint density at radius 1 is 1.38 bits per heavy atom. The van der Waals surface area contributed by atoms with Gasteiger partial charge >= 0.3 is 5.97 Å². The molecule has 0 spiro atoms. The van der Waals surface area contributed by atoms with Crippen molar-refractivity contribution in [2.75, 3.05) is 0 Å². The molecule has 0 fully saturated rings. The van der Waals surface area contributed by atoms with Gasteiger partial charge in [-0.1, -0.05) is 37.3 Å². The van der Waals surface area contributed by atoms with Gasteiger partial charge in [-0.2, -0.15) is 0 Å². The molecule has 1 aromatic heterocycles. The van der Waals surface area contributed by atoms with Gasteiger partial charge < -0.3 is 9.30 Å². The lowest BCUT2D eigenvalue weighted by molar-refractivity contribution is 0.0612. The Kier molecular flexibility index (Phi) is 4.93. The summed E-state index contributed by atoms with van der Waals surface area (Å²) in [5.41, 5.74) is 1.57. The molecule has 0 radical (unpaired) electrons. The smallest absolute Gasteiger partial charge is 0.361 e. The molecule has 1 aromatic carbocycles. The zero-order valence-electron chi connectivity index (χ0n) is 12.6. The molecule has 0 saturated carbocycles. The highest BCUT2D eigenvalue weighted by Gasteiger charge is 2.18. The quantitative estimate of drug-likeness (QED) is 0.616. The van der Waals surface area contributed by atoms with E-state index in [0.29, 0.717) is 11.5 Å². The standard InChI is InChI=1S/C17H20N2O2/c1-4-8-13(2)21-17(20)16-11-18-12-19(16)14(3)15-9-6-5-7-10-15/h5-12,14H,4H2,1-3H3/b13-8+. The number of hydrogen-bond donors (Lipinski definition) is 0. The second-order valence-corrected chi connectivity index (χ2v) is 4.89. The van der Waals surface area contributed by atoms with Crippen LogP contribution in [0.2, 0.25) is 0 Å². The van der Waals surface area contributed by atoms with Gasteiger partial charge in [0.15, 0.2) is 0 Å². The molecule has 0 saturated heterocycles. The van der Waals surface area contributed by atoms with Gasteiger partial charge in [0, 0.05) is 0 Å². The lowest BCUT2D eigenvalue weighted by Crippen LogP contribution is -2.15. The molecule has 0 N–H and O–H groups in total. The van der Waals surface area contributed by atoms with Crippen LogP contribution in [0.3, 0.4) is 0 Å². The highest BCUT2D eigenvalue weighted by atomic mass is 16.5. The second kappa shape index (κ2) is 6.88. The largest absolute Gasteiger partial charge is 0.427 e. The number of carbonyl (C=O) groups is 1. The Balaban J connectivity index is 2.22. The molecule has 0 bridgehead atoms. The number of nitrogens with zero attached hydrogens (tertiary/aromatic N) is 2. The first-order valence-corrected chi connectivity index (χ1v) is 7.09. The molecule has 0 amide bonds. The van der Waals surface area contributed by atoms with Crippen molar-refractivity contribution in [1.29, 1.82) is 0 Å². The number of carbonyl (C=O) groups excluding carboxylic acids is 1. The number of benzene rings is 1. The molecule has 1 atom stereocenters. The van der Waals surface area contributed by atoms with Crippen molar-refractivity contribution >= 4 is 5.97 Å². The van der Waals surface area contributed by atoms with Crippen molar-refractivity contribution in [3.63, 3.8) is 0 Å². The molecular weight excluding hydrogens is 264 g/mol. The van der Waals surface area contributed by atoms with E-state index in [2.05, 4.69) is 4.98 Å². The molecule has 2 aromatic rings. The molecule has 0 aliphatic rings. The van der Waals surface area contributed by atoms with Crippen molar-refractivity contribution in [2.24, 2.45) is 0 Å². The van der Waals surface area contributed by atoms with Gasteiger partial charge in [-0.05, 0) is 31.9 Å². The number of allylic oxidation sites excluding steroid dienone is 2. The van der Waals surface area contributed by atoms with Crippen LogP contribution >= 0.6 is 0 Å². The van der Waals surface area contributed by atoms with E-state index in [0.717, 1.165) is 12.0 Å². The van der Waals surface area contributed by atoms with E-state index >= 15 is 0 Å². The summed E-state index contributed by atoms with van der Waals surface area (Å²) in [6.45, 7) is 5.81. The molecule has 21 heavy (non-hydrogen) atoms. The summed E-state index contributed by atoms with van der Waals surface area (Å²) < 4.78 is 7.15. The van der Waals surface area contributed by atoms with Crippen LogP contribution in [-0.4, -0.2) is 15.5 Å². The molecule has 1 unspecified atom stereocenters. The van der Waals surface area contributed by atoms with Gasteiger partial charge in [-0.25, -0.2) is 9.78 Å². The molecule has 4 heteroatoms. The van der Waals surface area contributed by atoms with Crippen LogP contribution in [0.15, 0.2) is 54.7 Å². The minimum Gasteiger partial charge on any atom is -0.427 e. The van der Waals surface area contributed by atoms with Crippen LogP contribution in [0.25, 0.3) is 0 Å². The van der Waals surface area contributed by atoms with Crippen molar-refractivity contribution < 1.29 is 9.53 Å². The number of esters is 1. The van der Waals surface area contributed by atoms with Crippen LogP contribution in [-0.2, 0) is 4.74 Å². The third kappa shape index (κ3) is 3.60. The lowest BCUT2D eigenvalue weighted by atomic mass is 10.1. The predicted molar refractivity (Wildman–Crippen MR) is 81.9 cm³/mol. The Morgan fingerprint density at radius 2 is 2.10 bits per heavy atom. The van der Waals surface area contributed by atoms with Crippen LogP contribution in [0.4, 0.5) is 0 Å². The first kappa shape index (κ1) is 15.0. The zero-order valence-corrected chi connectivity index (χ0v) is 12.6. The normalized spacial score (nSPS) is 13.0. The van der Waals surface area contributed by atoms with E-state index in [1.807, 2.05) is 54.8 Å². The second-order valence-electron chi connectivity index (χ2n) is 4.89. The summed E-state index contributed by atoms with van der Waals surface area (Å²) in [7, 11) is 0. The number of rotatable bonds is 5. The van der Waals surface area contributed by atoms with Gasteiger partial charge in [0.05, 0.1) is 18.6 Å². The van der Waals surface area contributed by atoms with E-state index in [9.17, 15) is 4.79 Å². The predicted octanol–water partition coefficient (Wildman–Crippen LogP) is 3.96. The molecule has 2 rings (SSSR count). The summed E-state index contributed by atoms with van der Waals surface area (Å²) in [5.74, 6) is 0.236. The van der Waals surface area contributed by atoms with Gasteiger partial charge in [0.25, 0.3) is 0 Å². The highest BCUT2D eigenvalue weighted by molar-refractivity contribution is 5.88. The van der Waals surface area contributed by atoms with Crippen LogP contribution in [0.1, 0.15) is 49.3 Å². The zero-order chi connectivity index (χ0) is 15.2. The number of imidazole rings is 1. The maximum absolute atomic E-state index is 12.2. The first-order chi connectivity index (χ1) is 10.1. The first-order valence-electron chi connectivity index (χ1n) is 7.09. The van der Waals surface area contributed by atoms with E-state index in [4.69, 9.17) is 4.74 Å². The van der Waals surface area contributed by atoms with Crippen molar-refractivity contribution in [1.82, 2.24) is 9.55 Å². The van der Waals surface area contributed by atoms with Crippen molar-refractivity contribution in [3.05, 3.63) is 65.9 Å². The number of aromatic nitrogens is 2. The third-order valence-electron chi connectivity index (χ3n) is 3.32. The molecule has 1 heterocycles.